The van der Waals surface area contributed by atoms with Crippen molar-refractivity contribution in [3.63, 3.8) is 0 Å². The summed E-state index contributed by atoms with van der Waals surface area (Å²) in [5.74, 6) is -0.453. The van der Waals surface area contributed by atoms with Gasteiger partial charge in [0, 0.05) is 17.6 Å². The molecule has 1 unspecified atom stereocenters. The maximum atomic E-state index is 13.9. The van der Waals surface area contributed by atoms with Gasteiger partial charge in [0.25, 0.3) is 0 Å². The van der Waals surface area contributed by atoms with Gasteiger partial charge in [0.15, 0.2) is 0 Å². The predicted octanol–water partition coefficient (Wildman–Crippen LogP) is 4.29. The molecule has 0 aliphatic heterocycles. The number of amides is 2. The summed E-state index contributed by atoms with van der Waals surface area (Å²) >= 11 is 6.16. The van der Waals surface area contributed by atoms with Gasteiger partial charge in [-0.25, -0.2) is 8.42 Å². The standard InChI is InChI=1S/C27H36ClN3O5S/c1-5-23(27(33)29-22-12-8-9-13-22)30(17-20-11-7-6-10-19(20)2)26(32)18-31(37(4,34)35)24-16-21(28)14-15-25(24)36-3/h6-7,10-11,14-16,22-23H,5,8-9,12-13,17-18H2,1-4H3,(H,29,33). The zero-order valence-electron chi connectivity index (χ0n) is 21.9. The first-order chi connectivity index (χ1) is 17.5. The minimum atomic E-state index is -3.90. The van der Waals surface area contributed by atoms with Gasteiger partial charge in [-0.1, -0.05) is 55.6 Å². The van der Waals surface area contributed by atoms with Gasteiger partial charge in [0.2, 0.25) is 21.8 Å². The largest absolute Gasteiger partial charge is 0.495 e. The van der Waals surface area contributed by atoms with E-state index in [1.165, 1.54) is 18.1 Å². The van der Waals surface area contributed by atoms with E-state index in [0.717, 1.165) is 47.4 Å². The van der Waals surface area contributed by atoms with E-state index in [-0.39, 0.29) is 29.9 Å². The molecule has 202 valence electrons. The molecule has 1 fully saturated rings. The van der Waals surface area contributed by atoms with Gasteiger partial charge in [-0.05, 0) is 55.5 Å². The highest BCUT2D eigenvalue weighted by molar-refractivity contribution is 7.92. The topological polar surface area (TPSA) is 96.0 Å². The second kappa shape index (κ2) is 12.6. The van der Waals surface area contributed by atoms with E-state index in [1.54, 1.807) is 12.1 Å². The number of methoxy groups -OCH3 is 1. The first-order valence-electron chi connectivity index (χ1n) is 12.5. The molecule has 1 atom stereocenters. The third kappa shape index (κ3) is 7.38. The van der Waals surface area contributed by atoms with Crippen LogP contribution in [0.2, 0.25) is 5.02 Å². The lowest BCUT2D eigenvalue weighted by Gasteiger charge is -2.34. The van der Waals surface area contributed by atoms with Crippen molar-refractivity contribution in [2.24, 2.45) is 0 Å². The number of carbonyl (C=O) groups is 2. The number of benzene rings is 2. The van der Waals surface area contributed by atoms with Gasteiger partial charge >= 0.3 is 0 Å². The van der Waals surface area contributed by atoms with Gasteiger partial charge in [-0.3, -0.25) is 13.9 Å². The Balaban J connectivity index is 1.98. The highest BCUT2D eigenvalue weighted by Crippen LogP contribution is 2.33. The van der Waals surface area contributed by atoms with Crippen LogP contribution in [0.5, 0.6) is 5.75 Å². The number of hydrogen-bond donors (Lipinski definition) is 1. The SMILES string of the molecule is CCC(C(=O)NC1CCCC1)N(Cc1ccccc1C)C(=O)CN(c1cc(Cl)ccc1OC)S(C)(=O)=O. The number of carbonyl (C=O) groups excluding carboxylic acids is 2. The number of aryl methyl sites for hydroxylation is 1. The zero-order chi connectivity index (χ0) is 27.2. The summed E-state index contributed by atoms with van der Waals surface area (Å²) in [7, 11) is -2.48. The molecule has 2 aromatic rings. The third-order valence-electron chi connectivity index (χ3n) is 6.78. The van der Waals surface area contributed by atoms with E-state index < -0.39 is 28.5 Å². The minimum Gasteiger partial charge on any atom is -0.495 e. The summed E-state index contributed by atoms with van der Waals surface area (Å²) in [6.07, 6.45) is 5.39. The van der Waals surface area contributed by atoms with Crippen molar-refractivity contribution >= 4 is 39.1 Å². The molecule has 2 amide bonds. The van der Waals surface area contributed by atoms with Crippen molar-refractivity contribution in [2.45, 2.75) is 64.6 Å². The number of sulfonamides is 1. The Morgan fingerprint density at radius 2 is 1.84 bits per heavy atom. The number of halogens is 1. The molecule has 10 heteroatoms. The molecule has 0 saturated heterocycles. The van der Waals surface area contributed by atoms with Crippen LogP contribution in [0, 0.1) is 6.92 Å². The van der Waals surface area contributed by atoms with Crippen molar-refractivity contribution in [3.05, 3.63) is 58.6 Å². The van der Waals surface area contributed by atoms with Gasteiger partial charge < -0.3 is 15.0 Å². The Hall–Kier alpha value is -2.78. The summed E-state index contributed by atoms with van der Waals surface area (Å²) < 4.78 is 32.1. The van der Waals surface area contributed by atoms with Crippen LogP contribution in [-0.4, -0.2) is 57.1 Å². The molecule has 1 saturated carbocycles. The second-order valence-corrected chi connectivity index (χ2v) is 11.8. The Morgan fingerprint density at radius 3 is 2.43 bits per heavy atom. The summed E-state index contributed by atoms with van der Waals surface area (Å²) in [5, 5.41) is 3.41. The van der Waals surface area contributed by atoms with Crippen LogP contribution in [0.3, 0.4) is 0 Å². The van der Waals surface area contributed by atoms with E-state index >= 15 is 0 Å². The summed E-state index contributed by atoms with van der Waals surface area (Å²) in [5.41, 5.74) is 2.02. The van der Waals surface area contributed by atoms with Crippen molar-refractivity contribution < 1.29 is 22.7 Å². The maximum Gasteiger partial charge on any atom is 0.244 e. The number of rotatable bonds is 11. The molecule has 1 aliphatic carbocycles. The fourth-order valence-corrected chi connectivity index (χ4v) is 5.72. The van der Waals surface area contributed by atoms with Crippen LogP contribution in [0.4, 0.5) is 5.69 Å². The van der Waals surface area contributed by atoms with Crippen LogP contribution in [0.25, 0.3) is 0 Å². The number of nitrogens with zero attached hydrogens (tertiary/aromatic N) is 2. The molecule has 1 aliphatic rings. The molecule has 2 aromatic carbocycles. The first kappa shape index (κ1) is 28.8. The van der Waals surface area contributed by atoms with Crippen molar-refractivity contribution in [1.82, 2.24) is 10.2 Å². The van der Waals surface area contributed by atoms with Gasteiger partial charge in [0.1, 0.15) is 18.3 Å². The van der Waals surface area contributed by atoms with Crippen molar-refractivity contribution in [2.75, 3.05) is 24.2 Å². The summed E-state index contributed by atoms with van der Waals surface area (Å²) in [4.78, 5) is 28.7. The van der Waals surface area contributed by atoms with E-state index in [1.807, 2.05) is 38.1 Å². The fourth-order valence-electron chi connectivity index (χ4n) is 4.71. The van der Waals surface area contributed by atoms with Crippen LogP contribution in [0.1, 0.15) is 50.2 Å². The molecular weight excluding hydrogens is 514 g/mol. The average molecular weight is 550 g/mol. The quantitative estimate of drug-likeness (QED) is 0.451. The Labute approximate surface area is 225 Å². The third-order valence-corrected chi connectivity index (χ3v) is 8.14. The van der Waals surface area contributed by atoms with E-state index in [4.69, 9.17) is 16.3 Å². The lowest BCUT2D eigenvalue weighted by Crippen LogP contribution is -2.53. The lowest BCUT2D eigenvalue weighted by atomic mass is 10.1. The van der Waals surface area contributed by atoms with Crippen LogP contribution in [-0.2, 0) is 26.2 Å². The molecule has 0 radical (unpaired) electrons. The number of nitrogens with one attached hydrogen (secondary N) is 1. The zero-order valence-corrected chi connectivity index (χ0v) is 23.4. The molecule has 0 spiro atoms. The Morgan fingerprint density at radius 1 is 1.16 bits per heavy atom. The van der Waals surface area contributed by atoms with Crippen LogP contribution in [0.15, 0.2) is 42.5 Å². The molecule has 8 nitrogen and oxygen atoms in total. The van der Waals surface area contributed by atoms with E-state index in [0.29, 0.717) is 11.4 Å². The molecule has 3 rings (SSSR count). The normalized spacial score (nSPS) is 14.7. The first-order valence-corrected chi connectivity index (χ1v) is 14.7. The average Bonchev–Trinajstić information content (AvgIpc) is 3.35. The maximum absolute atomic E-state index is 13.9. The molecule has 0 aromatic heterocycles. The highest BCUT2D eigenvalue weighted by atomic mass is 35.5. The van der Waals surface area contributed by atoms with Crippen molar-refractivity contribution in [1.29, 1.82) is 0 Å². The number of ether oxygens (including phenoxy) is 1. The molecule has 1 N–H and O–H groups in total. The Kier molecular flexibility index (Phi) is 9.84. The predicted molar refractivity (Wildman–Crippen MR) is 146 cm³/mol. The van der Waals surface area contributed by atoms with Crippen LogP contribution >= 0.6 is 11.6 Å². The monoisotopic (exact) mass is 549 g/mol. The molecule has 0 heterocycles. The van der Waals surface area contributed by atoms with Gasteiger partial charge in [-0.15, -0.1) is 0 Å². The Bertz CT molecular complexity index is 1210. The summed E-state index contributed by atoms with van der Waals surface area (Å²) in [6.45, 7) is 3.46. The van der Waals surface area contributed by atoms with Gasteiger partial charge in [0.05, 0.1) is 19.1 Å². The summed E-state index contributed by atoms with van der Waals surface area (Å²) in [6, 6.07) is 11.6. The smallest absolute Gasteiger partial charge is 0.244 e. The van der Waals surface area contributed by atoms with E-state index in [9.17, 15) is 18.0 Å². The van der Waals surface area contributed by atoms with Gasteiger partial charge in [-0.2, -0.15) is 0 Å². The highest BCUT2D eigenvalue weighted by Gasteiger charge is 2.34. The van der Waals surface area contributed by atoms with Crippen molar-refractivity contribution in [3.8, 4) is 5.75 Å². The number of anilines is 1. The van der Waals surface area contributed by atoms with E-state index in [2.05, 4.69) is 5.32 Å². The second-order valence-electron chi connectivity index (χ2n) is 9.45. The molecule has 37 heavy (non-hydrogen) atoms. The number of hydrogen-bond acceptors (Lipinski definition) is 5. The molecular formula is C27H36ClN3O5S. The minimum absolute atomic E-state index is 0.0974. The molecule has 0 bridgehead atoms. The fraction of sp³-hybridized carbons (Fsp3) is 0.481. The lowest BCUT2D eigenvalue weighted by molar-refractivity contribution is -0.140. The van der Waals surface area contributed by atoms with Crippen LogP contribution < -0.4 is 14.4 Å².